The normalized spacial score (nSPS) is 11.9. The summed E-state index contributed by atoms with van der Waals surface area (Å²) < 4.78 is 5.36. The standard InChI is InChI=1S/C26H31N3O3/c1-4-29(5-2)24(21-11-8-12-23(16-21)32-3)17-27-25(30)18-28-26(31)22-14-13-19-9-6-7-10-20(19)15-22/h6-16,24H,4-5,17-18H2,1-3H3,(H,27,30)(H,28,31)/t24-/m1/s1. The fraction of sp³-hybridized carbons (Fsp3) is 0.308. The largest absolute Gasteiger partial charge is 0.497 e. The molecule has 168 valence electrons. The second-order valence-electron chi connectivity index (χ2n) is 7.56. The molecule has 0 aromatic heterocycles. The van der Waals surface area contributed by atoms with Gasteiger partial charge in [-0.05, 0) is 53.7 Å². The number of nitrogens with one attached hydrogen (secondary N) is 2. The molecule has 0 aliphatic heterocycles. The van der Waals surface area contributed by atoms with Crippen LogP contribution < -0.4 is 15.4 Å². The summed E-state index contributed by atoms with van der Waals surface area (Å²) in [4.78, 5) is 27.3. The van der Waals surface area contributed by atoms with Crippen molar-refractivity contribution in [2.45, 2.75) is 19.9 Å². The first kappa shape index (κ1) is 23.3. The van der Waals surface area contributed by atoms with E-state index in [1.807, 2.05) is 60.7 Å². The molecule has 0 spiro atoms. The number of ether oxygens (including phenoxy) is 1. The highest BCUT2D eigenvalue weighted by Gasteiger charge is 2.19. The maximum Gasteiger partial charge on any atom is 0.251 e. The van der Waals surface area contributed by atoms with E-state index < -0.39 is 0 Å². The Morgan fingerprint density at radius 1 is 0.906 bits per heavy atom. The number of methoxy groups -OCH3 is 1. The molecule has 0 radical (unpaired) electrons. The first-order valence-electron chi connectivity index (χ1n) is 11.0. The van der Waals surface area contributed by atoms with Gasteiger partial charge in [-0.2, -0.15) is 0 Å². The number of carbonyl (C=O) groups excluding carboxylic acids is 2. The molecule has 3 aromatic rings. The van der Waals surface area contributed by atoms with E-state index in [9.17, 15) is 9.59 Å². The molecule has 6 heteroatoms. The quantitative estimate of drug-likeness (QED) is 0.511. The van der Waals surface area contributed by atoms with Crippen molar-refractivity contribution >= 4 is 22.6 Å². The molecule has 0 heterocycles. The molecule has 0 saturated carbocycles. The van der Waals surface area contributed by atoms with Gasteiger partial charge in [0.15, 0.2) is 0 Å². The van der Waals surface area contributed by atoms with Gasteiger partial charge in [-0.1, -0.05) is 56.3 Å². The predicted molar refractivity (Wildman–Crippen MR) is 128 cm³/mol. The summed E-state index contributed by atoms with van der Waals surface area (Å²) in [6, 6.07) is 21.3. The van der Waals surface area contributed by atoms with E-state index in [0.29, 0.717) is 12.1 Å². The monoisotopic (exact) mass is 433 g/mol. The highest BCUT2D eigenvalue weighted by atomic mass is 16.5. The highest BCUT2D eigenvalue weighted by molar-refractivity contribution is 6.00. The molecule has 32 heavy (non-hydrogen) atoms. The van der Waals surface area contributed by atoms with E-state index in [4.69, 9.17) is 4.74 Å². The molecule has 0 aliphatic rings. The fourth-order valence-corrected chi connectivity index (χ4v) is 3.84. The molecule has 0 saturated heterocycles. The number of hydrogen-bond donors (Lipinski definition) is 2. The smallest absolute Gasteiger partial charge is 0.251 e. The second-order valence-corrected chi connectivity index (χ2v) is 7.56. The number of amides is 2. The van der Waals surface area contributed by atoms with Gasteiger partial charge in [-0.15, -0.1) is 0 Å². The number of fused-ring (bicyclic) bond motifs is 1. The van der Waals surface area contributed by atoms with E-state index in [-0.39, 0.29) is 24.4 Å². The van der Waals surface area contributed by atoms with E-state index >= 15 is 0 Å². The molecular weight excluding hydrogens is 402 g/mol. The third kappa shape index (κ3) is 5.86. The molecule has 6 nitrogen and oxygen atoms in total. The Morgan fingerprint density at radius 3 is 2.38 bits per heavy atom. The van der Waals surface area contributed by atoms with Crippen LogP contribution in [0.25, 0.3) is 10.8 Å². The first-order valence-corrected chi connectivity index (χ1v) is 11.0. The van der Waals surface area contributed by atoms with E-state index in [1.54, 1.807) is 13.2 Å². The van der Waals surface area contributed by atoms with Crippen molar-refractivity contribution in [3.05, 3.63) is 77.9 Å². The summed E-state index contributed by atoms with van der Waals surface area (Å²) in [6.07, 6.45) is 0. The van der Waals surface area contributed by atoms with E-state index in [1.165, 1.54) is 0 Å². The Kier molecular flexibility index (Phi) is 8.22. The Labute approximate surface area is 189 Å². The average molecular weight is 434 g/mol. The van der Waals surface area contributed by atoms with Crippen LogP contribution >= 0.6 is 0 Å². The number of hydrogen-bond acceptors (Lipinski definition) is 4. The van der Waals surface area contributed by atoms with Crippen molar-refractivity contribution in [2.24, 2.45) is 0 Å². The van der Waals surface area contributed by atoms with Crippen LogP contribution in [-0.2, 0) is 4.79 Å². The van der Waals surface area contributed by atoms with Gasteiger partial charge in [0, 0.05) is 12.1 Å². The maximum absolute atomic E-state index is 12.5. The number of likely N-dealkylation sites (N-methyl/N-ethyl adjacent to an activating group) is 1. The van der Waals surface area contributed by atoms with Gasteiger partial charge in [0.25, 0.3) is 5.91 Å². The van der Waals surface area contributed by atoms with Crippen LogP contribution in [-0.4, -0.2) is 50.0 Å². The van der Waals surface area contributed by atoms with Gasteiger partial charge in [-0.3, -0.25) is 14.5 Å². The molecular formula is C26H31N3O3. The summed E-state index contributed by atoms with van der Waals surface area (Å²) in [5, 5.41) is 7.75. The lowest BCUT2D eigenvalue weighted by atomic mass is 10.0. The van der Waals surface area contributed by atoms with Crippen molar-refractivity contribution in [2.75, 3.05) is 33.3 Å². The summed E-state index contributed by atoms with van der Waals surface area (Å²) >= 11 is 0. The van der Waals surface area contributed by atoms with Crippen LogP contribution in [0.3, 0.4) is 0 Å². The van der Waals surface area contributed by atoms with Crippen LogP contribution in [0.4, 0.5) is 0 Å². The number of carbonyl (C=O) groups is 2. The number of nitrogens with zero attached hydrogens (tertiary/aromatic N) is 1. The molecule has 2 amide bonds. The minimum Gasteiger partial charge on any atom is -0.497 e. The van der Waals surface area contributed by atoms with Crippen molar-refractivity contribution in [3.8, 4) is 5.75 Å². The summed E-state index contributed by atoms with van der Waals surface area (Å²) in [5.74, 6) is 0.298. The lowest BCUT2D eigenvalue weighted by Gasteiger charge is -2.30. The average Bonchev–Trinajstić information content (AvgIpc) is 2.84. The predicted octanol–water partition coefficient (Wildman–Crippen LogP) is 3.78. The molecule has 0 fully saturated rings. The second kappa shape index (κ2) is 11.3. The van der Waals surface area contributed by atoms with Crippen LogP contribution in [0, 0.1) is 0 Å². The maximum atomic E-state index is 12.5. The van der Waals surface area contributed by atoms with Crippen LogP contribution in [0.5, 0.6) is 5.75 Å². The summed E-state index contributed by atoms with van der Waals surface area (Å²) in [5.41, 5.74) is 1.61. The van der Waals surface area contributed by atoms with Crippen LogP contribution in [0.2, 0.25) is 0 Å². The van der Waals surface area contributed by atoms with Gasteiger partial charge in [0.05, 0.1) is 19.7 Å². The minimum atomic E-state index is -0.265. The first-order chi connectivity index (χ1) is 15.5. The van der Waals surface area contributed by atoms with Crippen LogP contribution in [0.1, 0.15) is 35.8 Å². The zero-order valence-electron chi connectivity index (χ0n) is 18.9. The zero-order chi connectivity index (χ0) is 22.9. The number of benzene rings is 3. The lowest BCUT2D eigenvalue weighted by molar-refractivity contribution is -0.120. The van der Waals surface area contributed by atoms with E-state index in [2.05, 4.69) is 29.4 Å². The van der Waals surface area contributed by atoms with Gasteiger partial charge in [0.2, 0.25) is 5.91 Å². The Morgan fingerprint density at radius 2 is 1.66 bits per heavy atom. The molecule has 0 unspecified atom stereocenters. The molecule has 1 atom stereocenters. The van der Waals surface area contributed by atoms with E-state index in [0.717, 1.165) is 35.2 Å². The third-order valence-electron chi connectivity index (χ3n) is 5.65. The minimum absolute atomic E-state index is 0.0141. The van der Waals surface area contributed by atoms with Crippen molar-refractivity contribution < 1.29 is 14.3 Å². The van der Waals surface area contributed by atoms with Gasteiger partial charge in [0.1, 0.15) is 5.75 Å². The molecule has 0 bridgehead atoms. The van der Waals surface area contributed by atoms with Crippen molar-refractivity contribution in [1.82, 2.24) is 15.5 Å². The fourth-order valence-electron chi connectivity index (χ4n) is 3.84. The summed E-state index contributed by atoms with van der Waals surface area (Å²) in [7, 11) is 1.64. The molecule has 0 aliphatic carbocycles. The molecule has 2 N–H and O–H groups in total. The lowest BCUT2D eigenvalue weighted by Crippen LogP contribution is -2.42. The van der Waals surface area contributed by atoms with Gasteiger partial charge >= 0.3 is 0 Å². The molecule has 3 aromatic carbocycles. The number of rotatable bonds is 10. The van der Waals surface area contributed by atoms with Crippen molar-refractivity contribution in [1.29, 1.82) is 0 Å². The Balaban J connectivity index is 1.59. The topological polar surface area (TPSA) is 70.7 Å². The van der Waals surface area contributed by atoms with Crippen molar-refractivity contribution in [3.63, 3.8) is 0 Å². The zero-order valence-corrected chi connectivity index (χ0v) is 18.9. The summed E-state index contributed by atoms with van der Waals surface area (Å²) in [6.45, 7) is 6.28. The Bertz CT molecular complexity index is 1060. The van der Waals surface area contributed by atoms with Crippen LogP contribution in [0.15, 0.2) is 66.7 Å². The SMILES string of the molecule is CCN(CC)[C@H](CNC(=O)CNC(=O)c1ccc2ccccc2c1)c1cccc(OC)c1. The van der Waals surface area contributed by atoms with Gasteiger partial charge in [-0.25, -0.2) is 0 Å². The van der Waals surface area contributed by atoms with Gasteiger partial charge < -0.3 is 15.4 Å². The third-order valence-corrected chi connectivity index (χ3v) is 5.65. The Hall–Kier alpha value is -3.38. The highest BCUT2D eigenvalue weighted by Crippen LogP contribution is 2.23. The molecule has 3 rings (SSSR count).